The summed E-state index contributed by atoms with van der Waals surface area (Å²) in [7, 11) is 0. The summed E-state index contributed by atoms with van der Waals surface area (Å²) in [5.41, 5.74) is 4.34. The number of aryl methyl sites for hydroxylation is 3. The number of aromatic nitrogens is 1. The Morgan fingerprint density at radius 1 is 1.27 bits per heavy atom. The van der Waals surface area contributed by atoms with Gasteiger partial charge in [-0.15, -0.1) is 0 Å². The number of carbonyl (C=O) groups is 1. The first kappa shape index (κ1) is 16.3. The molecule has 1 heterocycles. The van der Waals surface area contributed by atoms with Gasteiger partial charge in [0.25, 0.3) is 0 Å². The fourth-order valence-electron chi connectivity index (χ4n) is 2.54. The van der Waals surface area contributed by atoms with Gasteiger partial charge in [0.1, 0.15) is 5.76 Å². The molecule has 0 radical (unpaired) electrons. The van der Waals surface area contributed by atoms with Gasteiger partial charge in [-0.2, -0.15) is 0 Å². The molecular weight excluding hydrogens is 276 g/mol. The minimum atomic E-state index is 0.0167. The van der Waals surface area contributed by atoms with Crippen LogP contribution in [0.4, 0.5) is 0 Å². The van der Waals surface area contributed by atoms with Crippen LogP contribution in [0.2, 0.25) is 0 Å². The van der Waals surface area contributed by atoms with E-state index in [1.165, 1.54) is 5.56 Å². The van der Waals surface area contributed by atoms with Crippen LogP contribution in [0, 0.1) is 13.8 Å². The lowest BCUT2D eigenvalue weighted by molar-refractivity contribution is -0.121. The van der Waals surface area contributed by atoms with Crippen molar-refractivity contribution in [2.45, 2.75) is 53.0 Å². The fourth-order valence-corrected chi connectivity index (χ4v) is 2.54. The molecule has 0 bridgehead atoms. The molecule has 1 unspecified atom stereocenters. The monoisotopic (exact) mass is 300 g/mol. The van der Waals surface area contributed by atoms with E-state index in [1.807, 2.05) is 20.8 Å². The number of benzene rings is 1. The molecule has 118 valence electrons. The van der Waals surface area contributed by atoms with E-state index in [4.69, 9.17) is 4.52 Å². The van der Waals surface area contributed by atoms with Crippen molar-refractivity contribution in [1.29, 1.82) is 0 Å². The van der Waals surface area contributed by atoms with E-state index in [1.54, 1.807) is 0 Å². The minimum Gasteiger partial charge on any atom is -0.361 e. The normalized spacial score (nSPS) is 12.2. The average molecular weight is 300 g/mol. The highest BCUT2D eigenvalue weighted by Crippen LogP contribution is 2.16. The molecule has 0 aliphatic carbocycles. The summed E-state index contributed by atoms with van der Waals surface area (Å²) in [6, 6.07) is 8.41. The van der Waals surface area contributed by atoms with E-state index in [0.717, 1.165) is 29.0 Å². The van der Waals surface area contributed by atoms with Crippen LogP contribution in [0.3, 0.4) is 0 Å². The van der Waals surface area contributed by atoms with Crippen LogP contribution < -0.4 is 5.32 Å². The van der Waals surface area contributed by atoms with Gasteiger partial charge in [-0.05, 0) is 44.7 Å². The van der Waals surface area contributed by atoms with Crippen LogP contribution in [0.25, 0.3) is 0 Å². The molecule has 0 fully saturated rings. The van der Waals surface area contributed by atoms with E-state index >= 15 is 0 Å². The van der Waals surface area contributed by atoms with E-state index in [0.29, 0.717) is 12.8 Å². The zero-order valence-corrected chi connectivity index (χ0v) is 13.8. The van der Waals surface area contributed by atoms with Crippen LogP contribution in [-0.2, 0) is 17.6 Å². The molecule has 4 heteroatoms. The number of amides is 1. The summed E-state index contributed by atoms with van der Waals surface area (Å²) >= 11 is 0. The van der Waals surface area contributed by atoms with Gasteiger partial charge in [-0.25, -0.2) is 0 Å². The van der Waals surface area contributed by atoms with Gasteiger partial charge in [-0.1, -0.05) is 36.3 Å². The SMILES string of the molecule is CCc1ccc(C(C)NC(=O)CCc2c(C)noc2C)cc1. The second kappa shape index (κ2) is 7.25. The molecule has 1 atom stereocenters. The van der Waals surface area contributed by atoms with Crippen molar-refractivity contribution in [3.05, 3.63) is 52.4 Å². The Balaban J connectivity index is 1.88. The van der Waals surface area contributed by atoms with E-state index in [9.17, 15) is 4.79 Å². The smallest absolute Gasteiger partial charge is 0.220 e. The number of nitrogens with one attached hydrogen (secondary N) is 1. The van der Waals surface area contributed by atoms with Crippen molar-refractivity contribution < 1.29 is 9.32 Å². The summed E-state index contributed by atoms with van der Waals surface area (Å²) in [5, 5.41) is 6.96. The van der Waals surface area contributed by atoms with Crippen molar-refractivity contribution in [2.24, 2.45) is 0 Å². The standard InChI is InChI=1S/C18H24N2O2/c1-5-15-6-8-16(9-7-15)12(2)19-18(21)11-10-17-13(3)20-22-14(17)4/h6-9,12H,5,10-11H2,1-4H3,(H,19,21). The van der Waals surface area contributed by atoms with Crippen LogP contribution in [-0.4, -0.2) is 11.1 Å². The fraction of sp³-hybridized carbons (Fsp3) is 0.444. The number of carbonyl (C=O) groups excluding carboxylic acids is 1. The third kappa shape index (κ3) is 3.97. The maximum atomic E-state index is 12.1. The zero-order valence-electron chi connectivity index (χ0n) is 13.8. The van der Waals surface area contributed by atoms with Crippen LogP contribution in [0.5, 0.6) is 0 Å². The summed E-state index contributed by atoms with van der Waals surface area (Å²) < 4.78 is 5.12. The van der Waals surface area contributed by atoms with Crippen LogP contribution in [0.1, 0.15) is 54.5 Å². The maximum absolute atomic E-state index is 12.1. The molecule has 2 rings (SSSR count). The van der Waals surface area contributed by atoms with Gasteiger partial charge in [0.05, 0.1) is 11.7 Å². The zero-order chi connectivity index (χ0) is 16.1. The van der Waals surface area contributed by atoms with Gasteiger partial charge in [0, 0.05) is 12.0 Å². The van der Waals surface area contributed by atoms with Gasteiger partial charge in [0.2, 0.25) is 5.91 Å². The molecule has 1 N–H and O–H groups in total. The van der Waals surface area contributed by atoms with Crippen molar-refractivity contribution in [3.63, 3.8) is 0 Å². The Bertz CT molecular complexity index is 610. The molecule has 0 spiro atoms. The van der Waals surface area contributed by atoms with Crippen LogP contribution in [0.15, 0.2) is 28.8 Å². The molecule has 1 amide bonds. The molecule has 0 aliphatic heterocycles. The lowest BCUT2D eigenvalue weighted by atomic mass is 10.0. The lowest BCUT2D eigenvalue weighted by Gasteiger charge is -2.14. The molecule has 22 heavy (non-hydrogen) atoms. The van der Waals surface area contributed by atoms with Crippen molar-refractivity contribution in [1.82, 2.24) is 10.5 Å². The van der Waals surface area contributed by atoms with Gasteiger partial charge in [0.15, 0.2) is 0 Å². The largest absolute Gasteiger partial charge is 0.361 e. The van der Waals surface area contributed by atoms with Crippen molar-refractivity contribution in [2.75, 3.05) is 0 Å². The number of rotatable bonds is 6. The topological polar surface area (TPSA) is 55.1 Å². The quantitative estimate of drug-likeness (QED) is 0.885. The minimum absolute atomic E-state index is 0.0167. The molecule has 0 aliphatic rings. The molecule has 2 aromatic rings. The van der Waals surface area contributed by atoms with E-state index in [-0.39, 0.29) is 11.9 Å². The molecule has 4 nitrogen and oxygen atoms in total. The van der Waals surface area contributed by atoms with Gasteiger partial charge < -0.3 is 9.84 Å². The molecule has 1 aromatic heterocycles. The summed E-state index contributed by atoms with van der Waals surface area (Å²) in [6.07, 6.45) is 2.13. The predicted molar refractivity (Wildman–Crippen MR) is 86.7 cm³/mol. The van der Waals surface area contributed by atoms with Crippen molar-refractivity contribution in [3.8, 4) is 0 Å². The highest BCUT2D eigenvalue weighted by molar-refractivity contribution is 5.76. The second-order valence-corrected chi connectivity index (χ2v) is 5.69. The van der Waals surface area contributed by atoms with E-state index < -0.39 is 0 Å². The lowest BCUT2D eigenvalue weighted by Crippen LogP contribution is -2.26. The first-order chi connectivity index (χ1) is 10.5. The Morgan fingerprint density at radius 3 is 2.50 bits per heavy atom. The predicted octanol–water partition coefficient (Wildman–Crippen LogP) is 3.66. The number of hydrogen-bond donors (Lipinski definition) is 1. The second-order valence-electron chi connectivity index (χ2n) is 5.69. The molecule has 0 saturated carbocycles. The highest BCUT2D eigenvalue weighted by atomic mass is 16.5. The van der Waals surface area contributed by atoms with Gasteiger partial charge >= 0.3 is 0 Å². The third-order valence-corrected chi connectivity index (χ3v) is 4.05. The van der Waals surface area contributed by atoms with Crippen molar-refractivity contribution >= 4 is 5.91 Å². The Kier molecular flexibility index (Phi) is 5.36. The third-order valence-electron chi connectivity index (χ3n) is 4.05. The number of hydrogen-bond acceptors (Lipinski definition) is 3. The van der Waals surface area contributed by atoms with Gasteiger partial charge in [-0.3, -0.25) is 4.79 Å². The molecule has 0 saturated heterocycles. The molecular formula is C18H24N2O2. The Morgan fingerprint density at radius 2 is 1.95 bits per heavy atom. The van der Waals surface area contributed by atoms with Crippen LogP contribution >= 0.6 is 0 Å². The number of nitrogens with zero attached hydrogens (tertiary/aromatic N) is 1. The Labute approximate surface area is 131 Å². The summed E-state index contributed by atoms with van der Waals surface area (Å²) in [5.74, 6) is 0.848. The average Bonchev–Trinajstić information content (AvgIpc) is 2.84. The first-order valence-corrected chi connectivity index (χ1v) is 7.81. The molecule has 1 aromatic carbocycles. The summed E-state index contributed by atoms with van der Waals surface area (Å²) in [4.78, 5) is 12.1. The summed E-state index contributed by atoms with van der Waals surface area (Å²) in [6.45, 7) is 7.93. The highest BCUT2D eigenvalue weighted by Gasteiger charge is 2.13. The maximum Gasteiger partial charge on any atom is 0.220 e. The van der Waals surface area contributed by atoms with E-state index in [2.05, 4.69) is 41.7 Å². The first-order valence-electron chi connectivity index (χ1n) is 7.81. The Hall–Kier alpha value is -2.10.